The van der Waals surface area contributed by atoms with Crippen LogP contribution < -0.4 is 14.8 Å². The molecule has 0 saturated carbocycles. The molecule has 1 unspecified atom stereocenters. The molecule has 0 saturated heterocycles. The zero-order valence-electron chi connectivity index (χ0n) is 12.8. The number of thioether (sulfide) groups is 1. The Hall–Kier alpha value is -1.38. The highest BCUT2D eigenvalue weighted by Crippen LogP contribution is 2.34. The van der Waals surface area contributed by atoms with Gasteiger partial charge in [-0.2, -0.15) is 5.26 Å². The largest absolute Gasteiger partial charge is 0.486 e. The molecule has 0 aliphatic carbocycles. The van der Waals surface area contributed by atoms with Crippen LogP contribution in [0.1, 0.15) is 27.2 Å². The molecule has 1 aliphatic heterocycles. The van der Waals surface area contributed by atoms with Crippen molar-refractivity contribution in [3.05, 3.63) is 18.2 Å². The van der Waals surface area contributed by atoms with Gasteiger partial charge >= 0.3 is 0 Å². The summed E-state index contributed by atoms with van der Waals surface area (Å²) in [6, 6.07) is 8.68. The number of hydrogen-bond acceptors (Lipinski definition) is 5. The third-order valence-electron chi connectivity index (χ3n) is 3.24. The highest BCUT2D eigenvalue weighted by Gasteiger charge is 2.24. The molecule has 1 N–H and O–H groups in total. The number of nitrogens with zero attached hydrogens (tertiary/aromatic N) is 1. The normalized spacial score (nSPS) is 16.3. The van der Waals surface area contributed by atoms with Crippen molar-refractivity contribution < 1.29 is 9.47 Å². The summed E-state index contributed by atoms with van der Waals surface area (Å²) < 4.78 is 11.1. The first-order valence-electron chi connectivity index (χ1n) is 7.24. The highest BCUT2D eigenvalue weighted by molar-refractivity contribution is 7.99. The fourth-order valence-electron chi connectivity index (χ4n) is 2.28. The van der Waals surface area contributed by atoms with E-state index in [2.05, 4.69) is 25.2 Å². The van der Waals surface area contributed by atoms with Crippen molar-refractivity contribution in [1.29, 1.82) is 5.26 Å². The van der Waals surface area contributed by atoms with Gasteiger partial charge in [0, 0.05) is 16.7 Å². The van der Waals surface area contributed by atoms with Crippen LogP contribution in [0, 0.1) is 11.3 Å². The zero-order valence-corrected chi connectivity index (χ0v) is 13.6. The van der Waals surface area contributed by atoms with Crippen LogP contribution in [0.15, 0.2) is 23.1 Å². The SMILES string of the molecule is CC(C)NC(C)(C#N)CCSc1ccc2c(c1)OCCO2. The van der Waals surface area contributed by atoms with E-state index < -0.39 is 5.54 Å². The van der Waals surface area contributed by atoms with Gasteiger partial charge in [-0.1, -0.05) is 0 Å². The van der Waals surface area contributed by atoms with Crippen LogP contribution >= 0.6 is 11.8 Å². The molecule has 114 valence electrons. The van der Waals surface area contributed by atoms with Crippen LogP contribution in [0.25, 0.3) is 0 Å². The molecule has 1 heterocycles. The number of nitriles is 1. The number of ether oxygens (including phenoxy) is 2. The second kappa shape index (κ2) is 7.06. The molecular formula is C16H22N2O2S. The Labute approximate surface area is 130 Å². The minimum Gasteiger partial charge on any atom is -0.486 e. The Bertz CT molecular complexity index is 527. The van der Waals surface area contributed by atoms with E-state index in [0.29, 0.717) is 19.3 Å². The Kier molecular flexibility index (Phi) is 5.38. The summed E-state index contributed by atoms with van der Waals surface area (Å²) in [4.78, 5) is 1.14. The second-order valence-electron chi connectivity index (χ2n) is 5.65. The maximum absolute atomic E-state index is 9.33. The lowest BCUT2D eigenvalue weighted by molar-refractivity contribution is 0.171. The molecule has 0 fully saturated rings. The summed E-state index contributed by atoms with van der Waals surface area (Å²) in [5.74, 6) is 2.51. The van der Waals surface area contributed by atoms with E-state index in [1.54, 1.807) is 11.8 Å². The lowest BCUT2D eigenvalue weighted by Gasteiger charge is -2.25. The standard InChI is InChI=1S/C16H22N2O2S/c1-12(2)18-16(3,11-17)6-9-21-13-4-5-14-15(10-13)20-8-7-19-14/h4-5,10,12,18H,6-9H2,1-3H3. The minimum atomic E-state index is -0.477. The highest BCUT2D eigenvalue weighted by atomic mass is 32.2. The number of rotatable bonds is 6. The molecule has 5 heteroatoms. The molecule has 1 aromatic rings. The third kappa shape index (κ3) is 4.55. The maximum atomic E-state index is 9.33. The lowest BCUT2D eigenvalue weighted by atomic mass is 10.0. The molecule has 1 atom stereocenters. The van der Waals surface area contributed by atoms with Gasteiger partial charge in [-0.25, -0.2) is 0 Å². The number of fused-ring (bicyclic) bond motifs is 1. The fourth-order valence-corrected chi connectivity index (χ4v) is 3.38. The van der Waals surface area contributed by atoms with Crippen molar-refractivity contribution in [2.45, 2.75) is 43.7 Å². The van der Waals surface area contributed by atoms with E-state index in [1.165, 1.54) is 0 Å². The fraction of sp³-hybridized carbons (Fsp3) is 0.562. The number of benzene rings is 1. The first-order chi connectivity index (χ1) is 10.0. The summed E-state index contributed by atoms with van der Waals surface area (Å²) >= 11 is 1.74. The Morgan fingerprint density at radius 2 is 2.05 bits per heavy atom. The molecule has 0 bridgehead atoms. The summed E-state index contributed by atoms with van der Waals surface area (Å²) in [6.07, 6.45) is 0.792. The van der Waals surface area contributed by atoms with Gasteiger partial charge in [-0.3, -0.25) is 5.32 Å². The summed E-state index contributed by atoms with van der Waals surface area (Å²) in [6.45, 7) is 7.29. The van der Waals surface area contributed by atoms with Crippen LogP contribution in [0.3, 0.4) is 0 Å². The molecule has 0 amide bonds. The smallest absolute Gasteiger partial charge is 0.162 e. The quantitative estimate of drug-likeness (QED) is 0.818. The molecule has 0 aromatic heterocycles. The topological polar surface area (TPSA) is 54.3 Å². The van der Waals surface area contributed by atoms with E-state index in [4.69, 9.17) is 9.47 Å². The van der Waals surface area contributed by atoms with Crippen molar-refractivity contribution in [3.8, 4) is 17.6 Å². The number of hydrogen-bond donors (Lipinski definition) is 1. The van der Waals surface area contributed by atoms with Gasteiger partial charge in [-0.05, 0) is 45.4 Å². The van der Waals surface area contributed by atoms with Crippen LogP contribution in [0.4, 0.5) is 0 Å². The average Bonchev–Trinajstić information content (AvgIpc) is 2.46. The predicted octanol–water partition coefficient (Wildman–Crippen LogP) is 3.22. The van der Waals surface area contributed by atoms with Crippen LogP contribution in [-0.4, -0.2) is 30.5 Å². The third-order valence-corrected chi connectivity index (χ3v) is 4.23. The monoisotopic (exact) mass is 306 g/mol. The van der Waals surface area contributed by atoms with E-state index in [1.807, 2.05) is 25.1 Å². The van der Waals surface area contributed by atoms with Gasteiger partial charge < -0.3 is 9.47 Å². The van der Waals surface area contributed by atoms with Crippen LogP contribution in [0.5, 0.6) is 11.5 Å². The van der Waals surface area contributed by atoms with E-state index >= 15 is 0 Å². The van der Waals surface area contributed by atoms with Crippen molar-refractivity contribution in [2.75, 3.05) is 19.0 Å². The summed E-state index contributed by atoms with van der Waals surface area (Å²) in [7, 11) is 0. The zero-order chi connectivity index (χ0) is 15.3. The lowest BCUT2D eigenvalue weighted by Crippen LogP contribution is -2.45. The predicted molar refractivity (Wildman–Crippen MR) is 85.1 cm³/mol. The van der Waals surface area contributed by atoms with Crippen molar-refractivity contribution >= 4 is 11.8 Å². The van der Waals surface area contributed by atoms with Crippen molar-refractivity contribution in [3.63, 3.8) is 0 Å². The average molecular weight is 306 g/mol. The summed E-state index contributed by atoms with van der Waals surface area (Å²) in [5, 5.41) is 12.7. The van der Waals surface area contributed by atoms with Gasteiger partial charge in [-0.15, -0.1) is 11.8 Å². The number of nitrogens with one attached hydrogen (secondary N) is 1. The van der Waals surface area contributed by atoms with Gasteiger partial charge in [0.25, 0.3) is 0 Å². The Balaban J connectivity index is 1.90. The Morgan fingerprint density at radius 3 is 2.71 bits per heavy atom. The molecule has 1 aliphatic rings. The second-order valence-corrected chi connectivity index (χ2v) is 6.82. The Morgan fingerprint density at radius 1 is 1.33 bits per heavy atom. The molecule has 4 nitrogen and oxygen atoms in total. The molecule has 0 spiro atoms. The van der Waals surface area contributed by atoms with Gasteiger partial charge in [0.1, 0.15) is 18.8 Å². The van der Waals surface area contributed by atoms with Crippen molar-refractivity contribution in [2.24, 2.45) is 0 Å². The molecule has 1 aromatic carbocycles. The van der Waals surface area contributed by atoms with E-state index in [9.17, 15) is 5.26 Å². The minimum absolute atomic E-state index is 0.300. The van der Waals surface area contributed by atoms with Crippen molar-refractivity contribution in [1.82, 2.24) is 5.32 Å². The molecule has 21 heavy (non-hydrogen) atoms. The molecular weight excluding hydrogens is 284 g/mol. The first-order valence-corrected chi connectivity index (χ1v) is 8.22. The van der Waals surface area contributed by atoms with Crippen LogP contribution in [0.2, 0.25) is 0 Å². The molecule has 0 radical (unpaired) electrons. The van der Waals surface area contributed by atoms with Gasteiger partial charge in [0.2, 0.25) is 0 Å². The van der Waals surface area contributed by atoms with Gasteiger partial charge in [0.05, 0.1) is 6.07 Å². The van der Waals surface area contributed by atoms with E-state index in [-0.39, 0.29) is 0 Å². The maximum Gasteiger partial charge on any atom is 0.162 e. The summed E-state index contributed by atoms with van der Waals surface area (Å²) in [5.41, 5.74) is -0.477. The first kappa shape index (κ1) is 16.0. The molecule has 2 rings (SSSR count). The van der Waals surface area contributed by atoms with Crippen LogP contribution in [-0.2, 0) is 0 Å². The van der Waals surface area contributed by atoms with Gasteiger partial charge in [0.15, 0.2) is 11.5 Å². The van der Waals surface area contributed by atoms with E-state index in [0.717, 1.165) is 28.6 Å².